The van der Waals surface area contributed by atoms with Crippen molar-refractivity contribution in [3.05, 3.63) is 0 Å². The molecule has 0 aromatic rings. The lowest BCUT2D eigenvalue weighted by molar-refractivity contribution is -0.140. The van der Waals surface area contributed by atoms with Gasteiger partial charge in [-0.05, 0) is 19.4 Å². The van der Waals surface area contributed by atoms with E-state index in [-0.39, 0.29) is 0 Å². The third-order valence-corrected chi connectivity index (χ3v) is 2.35. The number of alkyl halides is 3. The Hall–Kier alpha value is -0.250. The van der Waals surface area contributed by atoms with Crippen LogP contribution in [0.4, 0.5) is 13.2 Å². The number of hydrogen-bond donors (Lipinski definition) is 1. The van der Waals surface area contributed by atoms with Gasteiger partial charge in [-0.3, -0.25) is 0 Å². The molecular formula is C10H20F3N. The predicted octanol–water partition coefficient (Wildman–Crippen LogP) is 3.35. The molecule has 1 nitrogen and oxygen atoms in total. The molecule has 0 amide bonds. The molecule has 0 spiro atoms. The van der Waals surface area contributed by atoms with E-state index in [9.17, 15) is 13.2 Å². The quantitative estimate of drug-likeness (QED) is 0.710. The minimum Gasteiger partial charge on any atom is -0.317 e. The highest BCUT2D eigenvalue weighted by Crippen LogP contribution is 2.25. The van der Waals surface area contributed by atoms with Gasteiger partial charge < -0.3 is 5.32 Å². The van der Waals surface area contributed by atoms with Gasteiger partial charge in [0.2, 0.25) is 0 Å². The van der Waals surface area contributed by atoms with Crippen molar-refractivity contribution >= 4 is 0 Å². The van der Waals surface area contributed by atoms with E-state index >= 15 is 0 Å². The molecule has 0 fully saturated rings. The predicted molar refractivity (Wildman–Crippen MR) is 52.2 cm³/mol. The molecule has 0 radical (unpaired) electrons. The average molecular weight is 211 g/mol. The van der Waals surface area contributed by atoms with Crippen LogP contribution in [-0.2, 0) is 0 Å². The summed E-state index contributed by atoms with van der Waals surface area (Å²) >= 11 is 0. The van der Waals surface area contributed by atoms with Crippen LogP contribution in [0.25, 0.3) is 0 Å². The van der Waals surface area contributed by atoms with Gasteiger partial charge in [0.05, 0.1) is 6.42 Å². The minimum atomic E-state index is -4.06. The van der Waals surface area contributed by atoms with Crippen molar-refractivity contribution in [1.82, 2.24) is 5.32 Å². The second-order valence-corrected chi connectivity index (χ2v) is 3.93. The van der Waals surface area contributed by atoms with Gasteiger partial charge in [-0.15, -0.1) is 0 Å². The Morgan fingerprint density at radius 3 is 2.21 bits per heavy atom. The van der Waals surface area contributed by atoms with E-state index in [4.69, 9.17) is 0 Å². The molecule has 0 aliphatic heterocycles. The third-order valence-electron chi connectivity index (χ3n) is 2.35. The fourth-order valence-corrected chi connectivity index (χ4v) is 1.68. The monoisotopic (exact) mass is 211 g/mol. The van der Waals surface area contributed by atoms with E-state index in [0.29, 0.717) is 12.3 Å². The summed E-state index contributed by atoms with van der Waals surface area (Å²) in [5.41, 5.74) is 0. The molecule has 1 N–H and O–H groups in total. The van der Waals surface area contributed by atoms with Crippen molar-refractivity contribution in [3.63, 3.8) is 0 Å². The van der Waals surface area contributed by atoms with Gasteiger partial charge in [-0.1, -0.05) is 26.7 Å². The molecule has 2 unspecified atom stereocenters. The summed E-state index contributed by atoms with van der Waals surface area (Å²) < 4.78 is 36.3. The Morgan fingerprint density at radius 2 is 1.86 bits per heavy atom. The van der Waals surface area contributed by atoms with Crippen LogP contribution in [0.1, 0.15) is 39.5 Å². The SMILES string of the molecule is CCCC(C)CC(CC(F)(F)F)NC. The van der Waals surface area contributed by atoms with E-state index in [1.807, 2.05) is 6.92 Å². The minimum absolute atomic E-state index is 0.361. The summed E-state index contributed by atoms with van der Waals surface area (Å²) in [6.45, 7) is 4.05. The van der Waals surface area contributed by atoms with Crippen molar-refractivity contribution in [2.24, 2.45) is 5.92 Å². The van der Waals surface area contributed by atoms with E-state index in [0.717, 1.165) is 12.8 Å². The highest BCUT2D eigenvalue weighted by atomic mass is 19.4. The molecule has 0 aromatic heterocycles. The normalized spacial score (nSPS) is 16.7. The largest absolute Gasteiger partial charge is 0.390 e. The van der Waals surface area contributed by atoms with E-state index < -0.39 is 18.6 Å². The lowest BCUT2D eigenvalue weighted by atomic mass is 9.95. The van der Waals surface area contributed by atoms with Crippen molar-refractivity contribution in [2.75, 3.05) is 7.05 Å². The zero-order valence-electron chi connectivity index (χ0n) is 9.12. The number of hydrogen-bond acceptors (Lipinski definition) is 1. The molecular weight excluding hydrogens is 191 g/mol. The molecule has 86 valence electrons. The summed E-state index contributed by atoms with van der Waals surface area (Å²) in [5, 5.41) is 2.73. The molecule has 14 heavy (non-hydrogen) atoms. The fraction of sp³-hybridized carbons (Fsp3) is 1.00. The first-order valence-corrected chi connectivity index (χ1v) is 5.13. The second kappa shape index (κ2) is 6.27. The molecule has 0 bridgehead atoms. The first-order valence-electron chi connectivity index (χ1n) is 5.13. The highest BCUT2D eigenvalue weighted by Gasteiger charge is 2.31. The first kappa shape index (κ1) is 13.8. The number of rotatable bonds is 6. The Labute approximate surface area is 84.1 Å². The number of halogens is 3. The van der Waals surface area contributed by atoms with Crippen molar-refractivity contribution in [1.29, 1.82) is 0 Å². The molecule has 0 heterocycles. The van der Waals surface area contributed by atoms with Crippen LogP contribution in [0.5, 0.6) is 0 Å². The first-order chi connectivity index (χ1) is 6.39. The van der Waals surface area contributed by atoms with Crippen LogP contribution in [0, 0.1) is 5.92 Å². The van der Waals surface area contributed by atoms with Gasteiger partial charge >= 0.3 is 6.18 Å². The number of nitrogens with one attached hydrogen (secondary N) is 1. The van der Waals surface area contributed by atoms with Crippen LogP contribution in [0.2, 0.25) is 0 Å². The maximum Gasteiger partial charge on any atom is 0.390 e. The van der Waals surface area contributed by atoms with Crippen LogP contribution in [0.3, 0.4) is 0 Å². The van der Waals surface area contributed by atoms with E-state index in [1.54, 1.807) is 7.05 Å². The van der Waals surface area contributed by atoms with Gasteiger partial charge in [-0.25, -0.2) is 0 Å². The molecule has 0 aliphatic carbocycles. The molecule has 0 saturated carbocycles. The fourth-order valence-electron chi connectivity index (χ4n) is 1.68. The Morgan fingerprint density at radius 1 is 1.29 bits per heavy atom. The van der Waals surface area contributed by atoms with Crippen LogP contribution in [0.15, 0.2) is 0 Å². The van der Waals surface area contributed by atoms with E-state index in [2.05, 4.69) is 12.2 Å². The van der Waals surface area contributed by atoms with Crippen molar-refractivity contribution < 1.29 is 13.2 Å². The van der Waals surface area contributed by atoms with Gasteiger partial charge in [0.25, 0.3) is 0 Å². The summed E-state index contributed by atoms with van der Waals surface area (Å²) in [6, 6.07) is -0.434. The van der Waals surface area contributed by atoms with Crippen LogP contribution in [-0.4, -0.2) is 19.3 Å². The summed E-state index contributed by atoms with van der Waals surface area (Å²) in [5.74, 6) is 0.361. The molecule has 2 atom stereocenters. The second-order valence-electron chi connectivity index (χ2n) is 3.93. The maximum atomic E-state index is 12.1. The smallest absolute Gasteiger partial charge is 0.317 e. The van der Waals surface area contributed by atoms with Crippen molar-refractivity contribution in [2.45, 2.75) is 51.7 Å². The summed E-state index contributed by atoms with van der Waals surface area (Å²) in [6.07, 6.45) is -2.15. The zero-order chi connectivity index (χ0) is 11.2. The van der Waals surface area contributed by atoms with Crippen molar-refractivity contribution in [3.8, 4) is 0 Å². The third kappa shape index (κ3) is 7.18. The Balaban J connectivity index is 3.90. The van der Waals surface area contributed by atoms with Gasteiger partial charge in [0.1, 0.15) is 0 Å². The Kier molecular flexibility index (Phi) is 6.16. The van der Waals surface area contributed by atoms with Crippen LogP contribution >= 0.6 is 0 Å². The maximum absolute atomic E-state index is 12.1. The Bertz CT molecular complexity index is 145. The molecule has 0 rings (SSSR count). The van der Waals surface area contributed by atoms with Gasteiger partial charge in [0, 0.05) is 6.04 Å². The zero-order valence-corrected chi connectivity index (χ0v) is 9.12. The molecule has 4 heteroatoms. The average Bonchev–Trinajstić information content (AvgIpc) is 2.01. The molecule has 0 aliphatic rings. The van der Waals surface area contributed by atoms with Gasteiger partial charge in [-0.2, -0.15) is 13.2 Å². The lowest BCUT2D eigenvalue weighted by Crippen LogP contribution is -2.32. The van der Waals surface area contributed by atoms with E-state index in [1.165, 1.54) is 0 Å². The molecule has 0 aromatic carbocycles. The summed E-state index contributed by atoms with van der Waals surface area (Å²) in [7, 11) is 1.59. The standard InChI is InChI=1S/C10H20F3N/c1-4-5-8(2)6-9(14-3)7-10(11,12)13/h8-9,14H,4-7H2,1-3H3. The summed E-state index contributed by atoms with van der Waals surface area (Å²) in [4.78, 5) is 0. The lowest BCUT2D eigenvalue weighted by Gasteiger charge is -2.21. The highest BCUT2D eigenvalue weighted by molar-refractivity contribution is 4.71. The van der Waals surface area contributed by atoms with Gasteiger partial charge in [0.15, 0.2) is 0 Å². The molecule has 0 saturated heterocycles. The topological polar surface area (TPSA) is 12.0 Å². The van der Waals surface area contributed by atoms with Crippen LogP contribution < -0.4 is 5.32 Å².